The van der Waals surface area contributed by atoms with Crippen molar-refractivity contribution in [1.29, 1.82) is 0 Å². The summed E-state index contributed by atoms with van der Waals surface area (Å²) >= 11 is 1.10. The van der Waals surface area contributed by atoms with E-state index >= 15 is 0 Å². The molecule has 0 heterocycles. The second kappa shape index (κ2) is 8.02. The van der Waals surface area contributed by atoms with Gasteiger partial charge in [0.15, 0.2) is 11.6 Å². The first-order chi connectivity index (χ1) is 11.0. The number of nitrogens with one attached hydrogen (secondary N) is 1. The normalized spacial score (nSPS) is 10.4. The molecule has 0 aliphatic rings. The van der Waals surface area contributed by atoms with Crippen molar-refractivity contribution in [3.05, 3.63) is 58.9 Å². The number of aryl methyl sites for hydroxylation is 2. The lowest BCUT2D eigenvalue weighted by atomic mass is 10.1. The molecule has 0 atom stereocenters. The van der Waals surface area contributed by atoms with E-state index in [0.29, 0.717) is 5.69 Å². The molecule has 0 aromatic heterocycles. The second-order valence-corrected chi connectivity index (χ2v) is 5.90. The summed E-state index contributed by atoms with van der Waals surface area (Å²) in [6, 6.07) is 10.6. The number of para-hydroxylation sites is 1. The zero-order valence-corrected chi connectivity index (χ0v) is 14.3. The highest BCUT2D eigenvalue weighted by atomic mass is 32.2. The van der Waals surface area contributed by atoms with Gasteiger partial charge in [-0.15, -0.1) is 0 Å². The first-order valence-corrected chi connectivity index (χ1v) is 8.62. The Morgan fingerprint density at radius 2 is 2.00 bits per heavy atom. The van der Waals surface area contributed by atoms with Gasteiger partial charge in [-0.3, -0.25) is 4.79 Å². The average molecular weight is 333 g/mol. The van der Waals surface area contributed by atoms with Gasteiger partial charge in [-0.05, 0) is 48.9 Å². The van der Waals surface area contributed by atoms with Gasteiger partial charge >= 0.3 is 0 Å². The van der Waals surface area contributed by atoms with Gasteiger partial charge in [-0.2, -0.15) is 0 Å². The number of thioether (sulfide) groups is 1. The van der Waals surface area contributed by atoms with Crippen LogP contribution >= 0.6 is 11.8 Å². The molecule has 0 aliphatic carbocycles. The van der Waals surface area contributed by atoms with Gasteiger partial charge < -0.3 is 10.1 Å². The fraction of sp³-hybridized carbons (Fsp3) is 0.278. The van der Waals surface area contributed by atoms with Crippen LogP contribution in [-0.2, 0) is 13.0 Å². The Labute approximate surface area is 140 Å². The van der Waals surface area contributed by atoms with E-state index in [1.807, 2.05) is 32.0 Å². The summed E-state index contributed by atoms with van der Waals surface area (Å²) in [4.78, 5) is 11.5. The van der Waals surface area contributed by atoms with Crippen molar-refractivity contribution in [2.75, 3.05) is 11.6 Å². The zero-order valence-electron chi connectivity index (χ0n) is 13.5. The van der Waals surface area contributed by atoms with E-state index < -0.39 is 0 Å². The number of benzene rings is 2. The summed E-state index contributed by atoms with van der Waals surface area (Å²) in [5, 5.41) is 2.64. The Bertz CT molecular complexity index is 703. The maximum Gasteiger partial charge on any atom is 0.283 e. The van der Waals surface area contributed by atoms with Crippen LogP contribution in [0, 0.1) is 12.7 Å². The van der Waals surface area contributed by atoms with Crippen LogP contribution in [0.1, 0.15) is 23.6 Å². The summed E-state index contributed by atoms with van der Waals surface area (Å²) in [6.07, 6.45) is 2.49. The molecule has 0 saturated carbocycles. The minimum Gasteiger partial charge on any atom is -0.486 e. The van der Waals surface area contributed by atoms with Crippen LogP contribution in [0.5, 0.6) is 5.75 Å². The van der Waals surface area contributed by atoms with Crippen molar-refractivity contribution < 1.29 is 13.9 Å². The number of carbonyl (C=O) groups excluding carboxylic acids is 1. The molecule has 0 bridgehead atoms. The first-order valence-electron chi connectivity index (χ1n) is 7.39. The van der Waals surface area contributed by atoms with Crippen LogP contribution in [0.4, 0.5) is 14.9 Å². The van der Waals surface area contributed by atoms with E-state index in [1.165, 1.54) is 6.07 Å². The van der Waals surface area contributed by atoms with Crippen LogP contribution in [0.25, 0.3) is 0 Å². The summed E-state index contributed by atoms with van der Waals surface area (Å²) in [5.74, 6) is -0.135. The third kappa shape index (κ3) is 4.48. The smallest absolute Gasteiger partial charge is 0.283 e. The van der Waals surface area contributed by atoms with Crippen LogP contribution in [-0.4, -0.2) is 11.5 Å². The predicted molar refractivity (Wildman–Crippen MR) is 93.8 cm³/mol. The molecule has 2 aromatic rings. The Balaban J connectivity index is 2.15. The van der Waals surface area contributed by atoms with Crippen molar-refractivity contribution in [1.82, 2.24) is 0 Å². The summed E-state index contributed by atoms with van der Waals surface area (Å²) in [5.41, 5.74) is 3.45. The molecule has 0 fully saturated rings. The minimum absolute atomic E-state index is 0.147. The van der Waals surface area contributed by atoms with E-state index in [9.17, 15) is 9.18 Å². The second-order valence-electron chi connectivity index (χ2n) is 5.13. The number of halogens is 1. The minimum atomic E-state index is -0.363. The van der Waals surface area contributed by atoms with Crippen molar-refractivity contribution in [3.63, 3.8) is 0 Å². The van der Waals surface area contributed by atoms with E-state index in [4.69, 9.17) is 4.74 Å². The number of rotatable bonds is 5. The summed E-state index contributed by atoms with van der Waals surface area (Å²) in [6.45, 7) is 4.12. The molecular formula is C18H20FNO2S. The lowest BCUT2D eigenvalue weighted by molar-refractivity contribution is 0.269. The van der Waals surface area contributed by atoms with Crippen LogP contribution in [0.3, 0.4) is 0 Å². The monoisotopic (exact) mass is 333 g/mol. The van der Waals surface area contributed by atoms with Crippen LogP contribution in [0.15, 0.2) is 36.4 Å². The van der Waals surface area contributed by atoms with Gasteiger partial charge in [-0.1, -0.05) is 36.9 Å². The molecule has 0 aliphatic heterocycles. The number of ether oxygens (including phenoxy) is 1. The molecule has 2 aromatic carbocycles. The maximum atomic E-state index is 14.1. The fourth-order valence-electron chi connectivity index (χ4n) is 2.27. The van der Waals surface area contributed by atoms with Crippen LogP contribution in [0.2, 0.25) is 0 Å². The Hall–Kier alpha value is -2.01. The molecule has 122 valence electrons. The molecule has 5 heteroatoms. The van der Waals surface area contributed by atoms with E-state index in [1.54, 1.807) is 18.4 Å². The number of hydrogen-bond donors (Lipinski definition) is 1. The molecule has 1 amide bonds. The summed E-state index contributed by atoms with van der Waals surface area (Å²) < 4.78 is 19.7. The molecule has 0 spiro atoms. The predicted octanol–water partition coefficient (Wildman–Crippen LogP) is 5.17. The molecular weight excluding hydrogens is 313 g/mol. The Kier molecular flexibility index (Phi) is 6.04. The lowest BCUT2D eigenvalue weighted by Gasteiger charge is -2.13. The standard InChI is InChI=1S/C18H20FNO2S/c1-4-13-10-15(19)17(9-12(13)2)22-11-14-7-5-6-8-16(14)20-18(21)23-3/h5-10H,4,11H2,1-3H3,(H,20,21). The number of anilines is 1. The molecule has 0 saturated heterocycles. The molecule has 3 nitrogen and oxygen atoms in total. The van der Waals surface area contributed by atoms with Crippen molar-refractivity contribution >= 4 is 22.7 Å². The van der Waals surface area contributed by atoms with Gasteiger partial charge in [0.1, 0.15) is 6.61 Å². The van der Waals surface area contributed by atoms with Gasteiger partial charge in [0.2, 0.25) is 0 Å². The van der Waals surface area contributed by atoms with Gasteiger partial charge in [0.05, 0.1) is 0 Å². The maximum absolute atomic E-state index is 14.1. The molecule has 2 rings (SSSR count). The topological polar surface area (TPSA) is 38.3 Å². The molecule has 1 N–H and O–H groups in total. The lowest BCUT2D eigenvalue weighted by Crippen LogP contribution is -2.08. The number of amides is 1. The molecule has 0 unspecified atom stereocenters. The van der Waals surface area contributed by atoms with Gasteiger partial charge in [0.25, 0.3) is 5.24 Å². The summed E-state index contributed by atoms with van der Waals surface area (Å²) in [7, 11) is 0. The largest absolute Gasteiger partial charge is 0.486 e. The van der Waals surface area contributed by atoms with Crippen LogP contribution < -0.4 is 10.1 Å². The van der Waals surface area contributed by atoms with Gasteiger partial charge in [-0.25, -0.2) is 4.39 Å². The number of hydrogen-bond acceptors (Lipinski definition) is 3. The van der Waals surface area contributed by atoms with E-state index in [0.717, 1.165) is 34.9 Å². The molecule has 0 radical (unpaired) electrons. The SMILES string of the molecule is CCc1cc(F)c(OCc2ccccc2NC(=O)SC)cc1C. The zero-order chi connectivity index (χ0) is 16.8. The quantitative estimate of drug-likeness (QED) is 0.820. The van der Waals surface area contributed by atoms with Crippen molar-refractivity contribution in [2.24, 2.45) is 0 Å². The van der Waals surface area contributed by atoms with Crippen molar-refractivity contribution in [2.45, 2.75) is 26.9 Å². The molecule has 23 heavy (non-hydrogen) atoms. The fourth-order valence-corrected chi connectivity index (χ4v) is 2.48. The Morgan fingerprint density at radius 3 is 2.70 bits per heavy atom. The Morgan fingerprint density at radius 1 is 1.26 bits per heavy atom. The van der Waals surface area contributed by atoms with Gasteiger partial charge in [0, 0.05) is 11.3 Å². The number of carbonyl (C=O) groups is 1. The average Bonchev–Trinajstić information content (AvgIpc) is 2.56. The highest BCUT2D eigenvalue weighted by Gasteiger charge is 2.10. The van der Waals surface area contributed by atoms with E-state index in [-0.39, 0.29) is 23.4 Å². The third-order valence-corrected chi connectivity index (χ3v) is 4.07. The third-order valence-electron chi connectivity index (χ3n) is 3.59. The highest BCUT2D eigenvalue weighted by Crippen LogP contribution is 2.25. The first kappa shape index (κ1) is 17.3. The highest BCUT2D eigenvalue weighted by molar-refractivity contribution is 8.13. The van der Waals surface area contributed by atoms with E-state index in [2.05, 4.69) is 5.32 Å². The van der Waals surface area contributed by atoms with Crippen molar-refractivity contribution in [3.8, 4) is 5.75 Å².